The number of hydrogen-bond acceptors (Lipinski definition) is 3. The third-order valence-electron chi connectivity index (χ3n) is 2.69. The lowest BCUT2D eigenvalue weighted by atomic mass is 9.86. The Balaban J connectivity index is 1.93. The summed E-state index contributed by atoms with van der Waals surface area (Å²) in [5, 5.41) is 0. The zero-order valence-corrected chi connectivity index (χ0v) is 8.93. The molecule has 0 bridgehead atoms. The van der Waals surface area contributed by atoms with Gasteiger partial charge in [-0.1, -0.05) is 18.2 Å². The van der Waals surface area contributed by atoms with Crippen molar-refractivity contribution in [3.63, 3.8) is 0 Å². The minimum atomic E-state index is 0.00681. The molecule has 3 heteroatoms. The predicted octanol–water partition coefficient (Wildman–Crippen LogP) is 1.57. The van der Waals surface area contributed by atoms with Gasteiger partial charge in [0, 0.05) is 12.6 Å². The van der Waals surface area contributed by atoms with Crippen LogP contribution in [0, 0.1) is 0 Å². The normalized spacial score (nSPS) is 29.6. The second-order valence-electron chi connectivity index (χ2n) is 3.79. The van der Waals surface area contributed by atoms with E-state index in [1.54, 1.807) is 0 Å². The van der Waals surface area contributed by atoms with Gasteiger partial charge < -0.3 is 15.2 Å². The molecule has 0 aromatic heterocycles. The molecule has 3 nitrogen and oxygen atoms in total. The maximum atomic E-state index is 5.89. The fraction of sp³-hybridized carbons (Fsp3) is 0.500. The van der Waals surface area contributed by atoms with E-state index in [1.165, 1.54) is 0 Å². The van der Waals surface area contributed by atoms with Crippen LogP contribution in [0.3, 0.4) is 0 Å². The summed E-state index contributed by atoms with van der Waals surface area (Å²) in [7, 11) is 0. The molecule has 0 radical (unpaired) electrons. The van der Waals surface area contributed by atoms with Crippen LogP contribution in [-0.2, 0) is 4.74 Å². The minimum Gasteiger partial charge on any atom is -0.486 e. The molecule has 15 heavy (non-hydrogen) atoms. The molecule has 2 rings (SSSR count). The highest BCUT2D eigenvalue weighted by molar-refractivity contribution is 5.22. The molecule has 1 saturated carbocycles. The van der Waals surface area contributed by atoms with E-state index in [-0.39, 0.29) is 18.2 Å². The van der Waals surface area contributed by atoms with E-state index in [2.05, 4.69) is 0 Å². The number of nitrogens with two attached hydrogens (primary N) is 1. The van der Waals surface area contributed by atoms with E-state index in [0.717, 1.165) is 12.2 Å². The first kappa shape index (κ1) is 10.5. The average molecular weight is 207 g/mol. The maximum absolute atomic E-state index is 5.89. The minimum absolute atomic E-state index is 0.00681. The van der Waals surface area contributed by atoms with Gasteiger partial charge in [0.1, 0.15) is 11.9 Å². The van der Waals surface area contributed by atoms with Gasteiger partial charge in [0.15, 0.2) is 0 Å². The summed E-state index contributed by atoms with van der Waals surface area (Å²) >= 11 is 0. The van der Waals surface area contributed by atoms with Crippen molar-refractivity contribution in [2.45, 2.75) is 31.6 Å². The fourth-order valence-corrected chi connectivity index (χ4v) is 1.81. The number of para-hydroxylation sites is 1. The van der Waals surface area contributed by atoms with E-state index in [1.807, 2.05) is 37.3 Å². The van der Waals surface area contributed by atoms with Gasteiger partial charge in [-0.2, -0.15) is 0 Å². The lowest BCUT2D eigenvalue weighted by molar-refractivity contribution is -0.0930. The maximum Gasteiger partial charge on any atom is 0.140 e. The highest BCUT2D eigenvalue weighted by Gasteiger charge is 2.41. The summed E-state index contributed by atoms with van der Waals surface area (Å²) in [6, 6.07) is 9.85. The molecule has 0 saturated heterocycles. The molecule has 1 aromatic carbocycles. The summed E-state index contributed by atoms with van der Waals surface area (Å²) in [5.74, 6) is 0.863. The molecule has 0 amide bonds. The van der Waals surface area contributed by atoms with E-state index in [0.29, 0.717) is 6.61 Å². The third-order valence-corrected chi connectivity index (χ3v) is 2.69. The van der Waals surface area contributed by atoms with Gasteiger partial charge >= 0.3 is 0 Å². The first-order valence-electron chi connectivity index (χ1n) is 5.40. The molecule has 1 aromatic rings. The monoisotopic (exact) mass is 207 g/mol. The topological polar surface area (TPSA) is 44.5 Å². The third kappa shape index (κ3) is 2.30. The predicted molar refractivity (Wildman–Crippen MR) is 58.9 cm³/mol. The molecular weight excluding hydrogens is 190 g/mol. The first-order chi connectivity index (χ1) is 7.31. The van der Waals surface area contributed by atoms with Gasteiger partial charge in [0.2, 0.25) is 0 Å². The molecule has 2 N–H and O–H groups in total. The van der Waals surface area contributed by atoms with Crippen molar-refractivity contribution in [2.75, 3.05) is 6.61 Å². The molecule has 3 atom stereocenters. The van der Waals surface area contributed by atoms with Gasteiger partial charge in [-0.05, 0) is 25.5 Å². The average Bonchev–Trinajstić information content (AvgIpc) is 2.27. The van der Waals surface area contributed by atoms with Crippen molar-refractivity contribution < 1.29 is 9.47 Å². The Kier molecular flexibility index (Phi) is 3.23. The Morgan fingerprint density at radius 1 is 1.33 bits per heavy atom. The lowest BCUT2D eigenvalue weighted by Crippen LogP contribution is -2.59. The molecular formula is C12H17NO2. The van der Waals surface area contributed by atoms with Crippen LogP contribution >= 0.6 is 0 Å². The standard InChI is InChI=1S/C12H17NO2/c1-2-14-11-8-10(13)12(11)15-9-6-4-3-5-7-9/h3-7,10-12H,2,8,13H2,1H3/t10-,11-,12+/m1/s1. The van der Waals surface area contributed by atoms with Crippen LogP contribution in [0.4, 0.5) is 0 Å². The van der Waals surface area contributed by atoms with Crippen LogP contribution in [0.1, 0.15) is 13.3 Å². The van der Waals surface area contributed by atoms with Crippen LogP contribution in [0.2, 0.25) is 0 Å². The van der Waals surface area contributed by atoms with Crippen LogP contribution in [0.25, 0.3) is 0 Å². The van der Waals surface area contributed by atoms with Crippen LogP contribution in [0.15, 0.2) is 30.3 Å². The molecule has 0 heterocycles. The zero-order chi connectivity index (χ0) is 10.7. The molecule has 1 aliphatic rings. The van der Waals surface area contributed by atoms with Gasteiger partial charge in [-0.15, -0.1) is 0 Å². The van der Waals surface area contributed by atoms with Gasteiger partial charge in [-0.3, -0.25) is 0 Å². The first-order valence-corrected chi connectivity index (χ1v) is 5.40. The smallest absolute Gasteiger partial charge is 0.140 e. The number of hydrogen-bond donors (Lipinski definition) is 1. The van der Waals surface area contributed by atoms with E-state index in [4.69, 9.17) is 15.2 Å². The van der Waals surface area contributed by atoms with Crippen LogP contribution in [-0.4, -0.2) is 24.9 Å². The number of benzene rings is 1. The molecule has 0 spiro atoms. The summed E-state index contributed by atoms with van der Waals surface area (Å²) in [4.78, 5) is 0. The zero-order valence-electron chi connectivity index (χ0n) is 8.93. The van der Waals surface area contributed by atoms with E-state index < -0.39 is 0 Å². The fourth-order valence-electron chi connectivity index (χ4n) is 1.81. The molecule has 0 unspecified atom stereocenters. The van der Waals surface area contributed by atoms with Crippen molar-refractivity contribution in [3.8, 4) is 5.75 Å². The summed E-state index contributed by atoms with van der Waals surface area (Å²) in [5.41, 5.74) is 5.89. The van der Waals surface area contributed by atoms with E-state index in [9.17, 15) is 0 Å². The molecule has 0 aliphatic heterocycles. The summed E-state index contributed by atoms with van der Waals surface area (Å²) in [6.07, 6.45) is 1.06. The number of rotatable bonds is 4. The lowest BCUT2D eigenvalue weighted by Gasteiger charge is -2.41. The van der Waals surface area contributed by atoms with E-state index >= 15 is 0 Å². The Bertz CT molecular complexity index is 300. The SMILES string of the molecule is CCO[C@@H]1C[C@@H](N)[C@@H]1Oc1ccccc1. The van der Waals surface area contributed by atoms with Crippen molar-refractivity contribution >= 4 is 0 Å². The Labute approximate surface area is 90.2 Å². The molecule has 1 aliphatic carbocycles. The van der Waals surface area contributed by atoms with Crippen molar-refractivity contribution in [2.24, 2.45) is 5.73 Å². The highest BCUT2D eigenvalue weighted by Crippen LogP contribution is 2.27. The quantitative estimate of drug-likeness (QED) is 0.815. The number of ether oxygens (including phenoxy) is 2. The van der Waals surface area contributed by atoms with Crippen LogP contribution in [0.5, 0.6) is 5.75 Å². The summed E-state index contributed by atoms with van der Waals surface area (Å²) in [6.45, 7) is 2.70. The van der Waals surface area contributed by atoms with Crippen molar-refractivity contribution in [1.82, 2.24) is 0 Å². The second kappa shape index (κ2) is 4.64. The van der Waals surface area contributed by atoms with Gasteiger partial charge in [-0.25, -0.2) is 0 Å². The summed E-state index contributed by atoms with van der Waals surface area (Å²) < 4.78 is 11.3. The Hall–Kier alpha value is -1.06. The Morgan fingerprint density at radius 3 is 2.67 bits per heavy atom. The largest absolute Gasteiger partial charge is 0.486 e. The molecule has 1 fully saturated rings. The van der Waals surface area contributed by atoms with Crippen molar-refractivity contribution in [3.05, 3.63) is 30.3 Å². The van der Waals surface area contributed by atoms with Gasteiger partial charge in [0.05, 0.1) is 6.10 Å². The van der Waals surface area contributed by atoms with Crippen LogP contribution < -0.4 is 10.5 Å². The molecule has 82 valence electrons. The van der Waals surface area contributed by atoms with Crippen molar-refractivity contribution in [1.29, 1.82) is 0 Å². The second-order valence-corrected chi connectivity index (χ2v) is 3.79. The highest BCUT2D eigenvalue weighted by atomic mass is 16.5. The van der Waals surface area contributed by atoms with Gasteiger partial charge in [0.25, 0.3) is 0 Å². The Morgan fingerprint density at radius 2 is 2.07 bits per heavy atom.